The number of benzene rings is 2. The Morgan fingerprint density at radius 2 is 1.96 bits per heavy atom. The maximum atomic E-state index is 12.2. The van der Waals surface area contributed by atoms with Gasteiger partial charge < -0.3 is 15.2 Å². The fourth-order valence-corrected chi connectivity index (χ4v) is 2.92. The molecular weight excluding hydrogens is 318 g/mol. The molecule has 1 aliphatic heterocycles. The van der Waals surface area contributed by atoms with Crippen LogP contribution in [0.1, 0.15) is 34.7 Å². The molecule has 1 aliphatic rings. The van der Waals surface area contributed by atoms with Gasteiger partial charge in [-0.1, -0.05) is 35.9 Å². The fraction of sp³-hybridized carbons (Fsp3) is 0.300. The van der Waals surface area contributed by atoms with Crippen LogP contribution in [0.25, 0.3) is 0 Å². The highest BCUT2D eigenvalue weighted by molar-refractivity contribution is 5.84. The number of amides is 1. The van der Waals surface area contributed by atoms with E-state index in [4.69, 9.17) is 4.74 Å². The first kappa shape index (κ1) is 17.0. The van der Waals surface area contributed by atoms with Crippen LogP contribution in [0.3, 0.4) is 0 Å². The number of carboxylic acid groups (broad SMARTS) is 1. The minimum Gasteiger partial charge on any atom is -0.493 e. The van der Waals surface area contributed by atoms with Crippen molar-refractivity contribution in [3.05, 3.63) is 64.7 Å². The lowest BCUT2D eigenvalue weighted by atomic mass is 10.0. The van der Waals surface area contributed by atoms with Gasteiger partial charge in [0, 0.05) is 12.8 Å². The predicted molar refractivity (Wildman–Crippen MR) is 93.7 cm³/mol. The van der Waals surface area contributed by atoms with E-state index in [2.05, 4.69) is 5.32 Å². The van der Waals surface area contributed by atoms with Crippen LogP contribution < -0.4 is 10.1 Å². The number of hydrogen-bond donors (Lipinski definition) is 2. The average molecular weight is 339 g/mol. The van der Waals surface area contributed by atoms with Gasteiger partial charge in [-0.3, -0.25) is 4.79 Å². The molecule has 0 fully saturated rings. The van der Waals surface area contributed by atoms with Gasteiger partial charge in [0.25, 0.3) is 0 Å². The molecule has 0 spiro atoms. The molecule has 2 aromatic rings. The normalized spacial score (nSPS) is 13.6. The van der Waals surface area contributed by atoms with Crippen LogP contribution in [0.5, 0.6) is 5.75 Å². The first-order valence-electron chi connectivity index (χ1n) is 8.36. The van der Waals surface area contributed by atoms with E-state index in [9.17, 15) is 14.7 Å². The Hall–Kier alpha value is -2.82. The number of nitrogens with one attached hydrogen (secondary N) is 1. The van der Waals surface area contributed by atoms with Gasteiger partial charge in [0.05, 0.1) is 6.61 Å². The molecule has 0 radical (unpaired) electrons. The molecule has 1 amide bonds. The Kier molecular flexibility index (Phi) is 5.03. The molecule has 1 atom stereocenters. The lowest BCUT2D eigenvalue weighted by Crippen LogP contribution is -2.33. The summed E-state index contributed by atoms with van der Waals surface area (Å²) in [5.74, 6) is -0.550. The van der Waals surface area contributed by atoms with Gasteiger partial charge in [-0.15, -0.1) is 0 Å². The second-order valence-electron chi connectivity index (χ2n) is 6.29. The summed E-state index contributed by atoms with van der Waals surface area (Å²) < 4.78 is 5.44. The van der Waals surface area contributed by atoms with Crippen LogP contribution >= 0.6 is 0 Å². The summed E-state index contributed by atoms with van der Waals surface area (Å²) in [5, 5.41) is 12.1. The molecule has 25 heavy (non-hydrogen) atoms. The van der Waals surface area contributed by atoms with Crippen molar-refractivity contribution in [3.63, 3.8) is 0 Å². The molecule has 0 saturated heterocycles. The van der Waals surface area contributed by atoms with Gasteiger partial charge >= 0.3 is 5.97 Å². The standard InChI is InChI=1S/C20H21NO4/c1-13-2-4-14(5-3-13)6-9-18(22)21-19(20(23)24)16-7-8-17-15(12-16)10-11-25-17/h2-5,7-8,12,19H,6,9-11H2,1H3,(H,21,22)(H,23,24). The van der Waals surface area contributed by atoms with E-state index in [1.807, 2.05) is 31.2 Å². The Bertz CT molecular complexity index is 783. The third-order valence-corrected chi connectivity index (χ3v) is 4.36. The number of ether oxygens (including phenoxy) is 1. The maximum absolute atomic E-state index is 12.2. The van der Waals surface area contributed by atoms with E-state index in [0.29, 0.717) is 18.6 Å². The van der Waals surface area contributed by atoms with Crippen molar-refractivity contribution < 1.29 is 19.4 Å². The average Bonchev–Trinajstić information content (AvgIpc) is 3.06. The van der Waals surface area contributed by atoms with Crippen LogP contribution in [-0.4, -0.2) is 23.6 Å². The van der Waals surface area contributed by atoms with Gasteiger partial charge in [0.1, 0.15) is 5.75 Å². The summed E-state index contributed by atoms with van der Waals surface area (Å²) in [6, 6.07) is 12.2. The number of aliphatic carboxylic acids is 1. The minimum atomic E-state index is -1.07. The predicted octanol–water partition coefficient (Wildman–Crippen LogP) is 2.80. The van der Waals surface area contributed by atoms with Gasteiger partial charge in [-0.05, 0) is 42.2 Å². The zero-order valence-electron chi connectivity index (χ0n) is 14.1. The molecular formula is C20H21NO4. The van der Waals surface area contributed by atoms with Crippen LogP contribution in [0, 0.1) is 6.92 Å². The number of carbonyl (C=O) groups excluding carboxylic acids is 1. The van der Waals surface area contributed by atoms with Crippen LogP contribution in [0.2, 0.25) is 0 Å². The molecule has 0 aliphatic carbocycles. The molecule has 0 bridgehead atoms. The molecule has 5 nitrogen and oxygen atoms in total. The van der Waals surface area contributed by atoms with Crippen molar-refractivity contribution in [3.8, 4) is 5.75 Å². The number of carboxylic acids is 1. The van der Waals surface area contributed by atoms with Gasteiger partial charge in [0.15, 0.2) is 6.04 Å². The van der Waals surface area contributed by atoms with Gasteiger partial charge in [-0.2, -0.15) is 0 Å². The van der Waals surface area contributed by atoms with Crippen molar-refractivity contribution in [2.24, 2.45) is 0 Å². The lowest BCUT2D eigenvalue weighted by Gasteiger charge is -2.16. The smallest absolute Gasteiger partial charge is 0.330 e. The van der Waals surface area contributed by atoms with Crippen LogP contribution in [-0.2, 0) is 22.4 Å². The van der Waals surface area contributed by atoms with Crippen molar-refractivity contribution >= 4 is 11.9 Å². The highest BCUT2D eigenvalue weighted by atomic mass is 16.5. The molecule has 0 aromatic heterocycles. The molecule has 5 heteroatoms. The second-order valence-corrected chi connectivity index (χ2v) is 6.29. The number of hydrogen-bond acceptors (Lipinski definition) is 3. The third-order valence-electron chi connectivity index (χ3n) is 4.36. The number of aryl methyl sites for hydroxylation is 2. The third kappa shape index (κ3) is 4.18. The molecule has 1 heterocycles. The molecule has 1 unspecified atom stereocenters. The quantitative estimate of drug-likeness (QED) is 0.848. The summed E-state index contributed by atoms with van der Waals surface area (Å²) >= 11 is 0. The number of carbonyl (C=O) groups is 2. The minimum absolute atomic E-state index is 0.251. The van der Waals surface area contributed by atoms with Crippen molar-refractivity contribution in [1.29, 1.82) is 0 Å². The number of rotatable bonds is 6. The summed E-state index contributed by atoms with van der Waals surface area (Å²) in [5.41, 5.74) is 3.78. The van der Waals surface area contributed by atoms with Crippen molar-refractivity contribution in [1.82, 2.24) is 5.32 Å². The van der Waals surface area contributed by atoms with E-state index in [1.165, 1.54) is 5.56 Å². The second kappa shape index (κ2) is 7.38. The van der Waals surface area contributed by atoms with Crippen LogP contribution in [0.15, 0.2) is 42.5 Å². The lowest BCUT2D eigenvalue weighted by molar-refractivity contribution is -0.142. The van der Waals surface area contributed by atoms with E-state index in [1.54, 1.807) is 18.2 Å². The van der Waals surface area contributed by atoms with Gasteiger partial charge in [0.2, 0.25) is 5.91 Å². The summed E-state index contributed by atoms with van der Waals surface area (Å²) in [6.07, 6.45) is 1.59. The van der Waals surface area contributed by atoms with Crippen LogP contribution in [0.4, 0.5) is 0 Å². The largest absolute Gasteiger partial charge is 0.493 e. The Morgan fingerprint density at radius 1 is 1.20 bits per heavy atom. The topological polar surface area (TPSA) is 75.6 Å². The van der Waals surface area contributed by atoms with Gasteiger partial charge in [-0.25, -0.2) is 4.79 Å². The zero-order chi connectivity index (χ0) is 17.8. The maximum Gasteiger partial charge on any atom is 0.330 e. The summed E-state index contributed by atoms with van der Waals surface area (Å²) in [7, 11) is 0. The number of fused-ring (bicyclic) bond motifs is 1. The van der Waals surface area contributed by atoms with E-state index >= 15 is 0 Å². The Morgan fingerprint density at radius 3 is 2.68 bits per heavy atom. The molecule has 130 valence electrons. The van der Waals surface area contributed by atoms with Crippen molar-refractivity contribution in [2.75, 3.05) is 6.61 Å². The van der Waals surface area contributed by atoms with E-state index in [0.717, 1.165) is 23.3 Å². The summed E-state index contributed by atoms with van der Waals surface area (Å²) in [6.45, 7) is 2.62. The molecule has 2 N–H and O–H groups in total. The highest BCUT2D eigenvalue weighted by Crippen LogP contribution is 2.28. The monoisotopic (exact) mass is 339 g/mol. The zero-order valence-corrected chi connectivity index (χ0v) is 14.1. The molecule has 0 saturated carbocycles. The highest BCUT2D eigenvalue weighted by Gasteiger charge is 2.24. The van der Waals surface area contributed by atoms with Crippen molar-refractivity contribution in [2.45, 2.75) is 32.2 Å². The SMILES string of the molecule is Cc1ccc(CCC(=O)NC(C(=O)O)c2ccc3c(c2)CCO3)cc1. The van der Waals surface area contributed by atoms with E-state index < -0.39 is 12.0 Å². The fourth-order valence-electron chi connectivity index (χ4n) is 2.92. The van der Waals surface area contributed by atoms with E-state index in [-0.39, 0.29) is 12.3 Å². The molecule has 2 aromatic carbocycles. The summed E-state index contributed by atoms with van der Waals surface area (Å²) in [4.78, 5) is 23.8. The Labute approximate surface area is 146 Å². The molecule has 3 rings (SSSR count). The first-order chi connectivity index (χ1) is 12.0. The first-order valence-corrected chi connectivity index (χ1v) is 8.36. The Balaban J connectivity index is 1.64.